The van der Waals surface area contributed by atoms with Gasteiger partial charge in [0.25, 0.3) is 11.6 Å². The molecule has 3 rings (SSSR count). The highest BCUT2D eigenvalue weighted by atomic mass is 35.5. The van der Waals surface area contributed by atoms with Crippen LogP contribution in [0, 0.1) is 10.1 Å². The maximum absolute atomic E-state index is 12.8. The Morgan fingerprint density at radius 1 is 1.16 bits per heavy atom. The number of hydrogen-bond acceptors (Lipinski definition) is 7. The van der Waals surface area contributed by atoms with Crippen molar-refractivity contribution in [2.75, 3.05) is 18.4 Å². The number of nitro benzene ring substituents is 1. The quantitative estimate of drug-likeness (QED) is 0.364. The summed E-state index contributed by atoms with van der Waals surface area (Å²) in [5.74, 6) is -1.56. The lowest BCUT2D eigenvalue weighted by atomic mass is 10.2. The van der Waals surface area contributed by atoms with Crippen molar-refractivity contribution in [1.82, 2.24) is 4.31 Å². The summed E-state index contributed by atoms with van der Waals surface area (Å²) < 4.78 is 32.1. The van der Waals surface area contributed by atoms with E-state index in [1.165, 1.54) is 47.6 Å². The molecule has 10 nitrogen and oxygen atoms in total. The molecule has 1 fully saturated rings. The van der Waals surface area contributed by atoms with Crippen LogP contribution in [0.3, 0.4) is 0 Å². The predicted molar refractivity (Wildman–Crippen MR) is 116 cm³/mol. The lowest BCUT2D eigenvalue weighted by molar-refractivity contribution is -0.384. The average Bonchev–Trinajstić information content (AvgIpc) is 3.30. The number of halogens is 1. The third-order valence-electron chi connectivity index (χ3n) is 4.85. The number of rotatable bonds is 7. The zero-order valence-electron chi connectivity index (χ0n) is 17.0. The first-order valence-electron chi connectivity index (χ1n) is 9.65. The average molecular weight is 482 g/mol. The Balaban J connectivity index is 1.69. The summed E-state index contributed by atoms with van der Waals surface area (Å²) in [4.78, 5) is 34.7. The molecule has 1 unspecified atom stereocenters. The highest BCUT2D eigenvalue weighted by Gasteiger charge is 2.30. The van der Waals surface area contributed by atoms with Gasteiger partial charge in [0, 0.05) is 30.9 Å². The van der Waals surface area contributed by atoms with Crippen LogP contribution >= 0.6 is 11.6 Å². The molecular formula is C20H20ClN3O7S. The summed E-state index contributed by atoms with van der Waals surface area (Å²) in [7, 11) is -3.85. The summed E-state index contributed by atoms with van der Waals surface area (Å²) in [6.07, 6.45) is 0.284. The minimum Gasteiger partial charge on any atom is -0.449 e. The number of anilines is 1. The molecule has 1 amide bonds. The Bertz CT molecular complexity index is 1150. The van der Waals surface area contributed by atoms with E-state index in [0.29, 0.717) is 13.1 Å². The second kappa shape index (κ2) is 9.63. The molecule has 0 spiro atoms. The number of benzene rings is 2. The normalized spacial score (nSPS) is 15.2. The Morgan fingerprint density at radius 3 is 2.38 bits per heavy atom. The Labute approximate surface area is 189 Å². The topological polar surface area (TPSA) is 136 Å². The molecule has 1 aliphatic rings. The van der Waals surface area contributed by atoms with Gasteiger partial charge in [0.2, 0.25) is 10.0 Å². The number of ether oxygens (including phenoxy) is 1. The van der Waals surface area contributed by atoms with Crippen molar-refractivity contribution in [3.05, 3.63) is 63.2 Å². The first-order valence-corrected chi connectivity index (χ1v) is 11.5. The number of carbonyl (C=O) groups excluding carboxylic acids is 2. The molecule has 1 saturated heterocycles. The lowest BCUT2D eigenvalue weighted by Crippen LogP contribution is -2.30. The van der Waals surface area contributed by atoms with Gasteiger partial charge in [-0.25, -0.2) is 13.2 Å². The molecule has 12 heteroatoms. The fourth-order valence-corrected chi connectivity index (χ4v) is 5.11. The maximum atomic E-state index is 12.8. The molecule has 2 aromatic carbocycles. The van der Waals surface area contributed by atoms with Gasteiger partial charge in [-0.2, -0.15) is 4.31 Å². The summed E-state index contributed by atoms with van der Waals surface area (Å²) in [6.45, 7) is 2.11. The van der Waals surface area contributed by atoms with Crippen molar-refractivity contribution in [2.45, 2.75) is 30.8 Å². The third-order valence-corrected chi connectivity index (χ3v) is 7.23. The molecule has 170 valence electrons. The van der Waals surface area contributed by atoms with Crippen LogP contribution in [-0.2, 0) is 19.6 Å². The van der Waals surface area contributed by atoms with Gasteiger partial charge in [-0.1, -0.05) is 11.6 Å². The van der Waals surface area contributed by atoms with E-state index < -0.39 is 32.9 Å². The van der Waals surface area contributed by atoms with Crippen LogP contribution < -0.4 is 5.32 Å². The number of carbonyl (C=O) groups is 2. The summed E-state index contributed by atoms with van der Waals surface area (Å²) >= 11 is 6.08. The van der Waals surface area contributed by atoms with Crippen LogP contribution in [-0.4, -0.2) is 48.7 Å². The van der Waals surface area contributed by atoms with Crippen LogP contribution in [0.5, 0.6) is 0 Å². The lowest BCUT2D eigenvalue weighted by Gasteiger charge is -2.17. The van der Waals surface area contributed by atoms with Crippen LogP contribution in [0.1, 0.15) is 30.1 Å². The van der Waals surface area contributed by atoms with Gasteiger partial charge in [0.15, 0.2) is 6.10 Å². The van der Waals surface area contributed by atoms with Crippen molar-refractivity contribution in [3.8, 4) is 0 Å². The molecule has 0 aromatic heterocycles. The van der Waals surface area contributed by atoms with Crippen LogP contribution in [0.25, 0.3) is 0 Å². The molecule has 0 bridgehead atoms. The smallest absolute Gasteiger partial charge is 0.338 e. The van der Waals surface area contributed by atoms with Crippen molar-refractivity contribution < 1.29 is 27.7 Å². The fourth-order valence-electron chi connectivity index (χ4n) is 3.09. The molecule has 1 N–H and O–H groups in total. The Morgan fingerprint density at radius 2 is 1.78 bits per heavy atom. The summed E-state index contributed by atoms with van der Waals surface area (Å²) in [5, 5.41) is 13.2. The minimum atomic E-state index is -3.85. The highest BCUT2D eigenvalue weighted by Crippen LogP contribution is 2.28. The monoisotopic (exact) mass is 481 g/mol. The number of non-ortho nitro benzene ring substituents is 1. The molecule has 32 heavy (non-hydrogen) atoms. The molecule has 0 saturated carbocycles. The van der Waals surface area contributed by atoms with Gasteiger partial charge in [-0.15, -0.1) is 0 Å². The third kappa shape index (κ3) is 5.23. The first kappa shape index (κ1) is 23.6. The Kier molecular flexibility index (Phi) is 7.12. The van der Waals surface area contributed by atoms with Crippen molar-refractivity contribution in [3.63, 3.8) is 0 Å². The van der Waals surface area contributed by atoms with Gasteiger partial charge < -0.3 is 10.1 Å². The standard InChI is InChI=1S/C20H20ClN3O7S/c1-13(19(25)22-15-5-7-16(8-6-15)24(27)28)31-20(26)14-4-9-17(21)18(12-14)32(29,30)23-10-2-3-11-23/h4-9,12-13H,2-3,10-11H2,1H3,(H,22,25). The van der Waals surface area contributed by atoms with Crippen molar-refractivity contribution >= 4 is 44.9 Å². The number of hydrogen-bond donors (Lipinski definition) is 1. The van der Waals surface area contributed by atoms with Gasteiger partial charge in [0.05, 0.1) is 15.5 Å². The summed E-state index contributed by atoms with van der Waals surface area (Å²) in [5.41, 5.74) is 0.0843. The van der Waals surface area contributed by atoms with Gasteiger partial charge in [-0.3, -0.25) is 14.9 Å². The molecule has 1 heterocycles. The minimum absolute atomic E-state index is 0.0163. The first-order chi connectivity index (χ1) is 15.1. The number of amides is 1. The van der Waals surface area contributed by atoms with Crippen molar-refractivity contribution in [1.29, 1.82) is 0 Å². The molecular weight excluding hydrogens is 462 g/mol. The highest BCUT2D eigenvalue weighted by molar-refractivity contribution is 7.89. The van der Waals surface area contributed by atoms with E-state index in [1.807, 2.05) is 0 Å². The largest absolute Gasteiger partial charge is 0.449 e. The van der Waals surface area contributed by atoms with Gasteiger partial charge >= 0.3 is 5.97 Å². The maximum Gasteiger partial charge on any atom is 0.338 e. The van der Waals surface area contributed by atoms with E-state index >= 15 is 0 Å². The van der Waals surface area contributed by atoms with Crippen LogP contribution in [0.2, 0.25) is 5.02 Å². The molecule has 0 aliphatic carbocycles. The number of sulfonamides is 1. The SMILES string of the molecule is CC(OC(=O)c1ccc(Cl)c(S(=O)(=O)N2CCCC2)c1)C(=O)Nc1ccc([N+](=O)[O-])cc1. The van der Waals surface area contributed by atoms with E-state index in [1.54, 1.807) is 0 Å². The van der Waals surface area contributed by atoms with E-state index in [-0.39, 0.29) is 26.9 Å². The van der Waals surface area contributed by atoms with E-state index in [2.05, 4.69) is 5.32 Å². The predicted octanol–water partition coefficient (Wildman–Crippen LogP) is 3.22. The summed E-state index contributed by atoms with van der Waals surface area (Å²) in [6, 6.07) is 8.89. The second-order valence-corrected chi connectivity index (χ2v) is 9.41. The molecule has 2 aromatic rings. The van der Waals surface area contributed by atoms with Crippen LogP contribution in [0.15, 0.2) is 47.4 Å². The second-order valence-electron chi connectivity index (χ2n) is 7.10. The van der Waals surface area contributed by atoms with E-state index in [0.717, 1.165) is 18.9 Å². The van der Waals surface area contributed by atoms with E-state index in [9.17, 15) is 28.1 Å². The fraction of sp³-hybridized carbons (Fsp3) is 0.300. The van der Waals surface area contributed by atoms with Gasteiger partial charge in [0.1, 0.15) is 4.90 Å². The zero-order chi connectivity index (χ0) is 23.5. The zero-order valence-corrected chi connectivity index (χ0v) is 18.6. The molecule has 1 aliphatic heterocycles. The number of nitrogens with one attached hydrogen (secondary N) is 1. The number of esters is 1. The van der Waals surface area contributed by atoms with Gasteiger partial charge in [-0.05, 0) is 50.1 Å². The Hall–Kier alpha value is -3.02. The number of nitrogens with zero attached hydrogens (tertiary/aromatic N) is 2. The molecule has 0 radical (unpaired) electrons. The molecule has 1 atom stereocenters. The van der Waals surface area contributed by atoms with Crippen molar-refractivity contribution in [2.24, 2.45) is 0 Å². The van der Waals surface area contributed by atoms with Crippen LogP contribution in [0.4, 0.5) is 11.4 Å². The van der Waals surface area contributed by atoms with E-state index in [4.69, 9.17) is 16.3 Å². The number of nitro groups is 1.